The van der Waals surface area contributed by atoms with Crippen LogP contribution < -0.4 is 11.1 Å². The highest BCUT2D eigenvalue weighted by atomic mass is 16.2. The minimum atomic E-state index is -0.155. The Balaban J connectivity index is 4.30. The summed E-state index contributed by atoms with van der Waals surface area (Å²) in [5.74, 6) is 0.115. The van der Waals surface area contributed by atoms with Crippen molar-refractivity contribution >= 4 is 5.91 Å². The number of carbonyl (C=O) groups excluding carboxylic acids is 1. The van der Waals surface area contributed by atoms with Crippen LogP contribution in [0.2, 0.25) is 0 Å². The van der Waals surface area contributed by atoms with Gasteiger partial charge in [-0.2, -0.15) is 0 Å². The number of hydrogen-bond acceptors (Lipinski definition) is 2. The predicted molar refractivity (Wildman–Crippen MR) is 69.1 cm³/mol. The van der Waals surface area contributed by atoms with Crippen LogP contribution in [0.1, 0.15) is 54.4 Å². The Morgan fingerprint density at radius 2 is 1.75 bits per heavy atom. The fraction of sp³-hybridized carbons (Fsp3) is 0.923. The van der Waals surface area contributed by atoms with E-state index in [0.717, 1.165) is 12.8 Å². The lowest BCUT2D eigenvalue weighted by Crippen LogP contribution is -2.47. The van der Waals surface area contributed by atoms with Gasteiger partial charge in [0.25, 0.3) is 0 Å². The summed E-state index contributed by atoms with van der Waals surface area (Å²) in [4.78, 5) is 11.9. The smallest absolute Gasteiger partial charge is 0.223 e. The van der Waals surface area contributed by atoms with E-state index < -0.39 is 0 Å². The van der Waals surface area contributed by atoms with Crippen molar-refractivity contribution in [3.8, 4) is 0 Å². The number of hydrogen-bond donors (Lipinski definition) is 2. The second-order valence-electron chi connectivity index (χ2n) is 6.59. The summed E-state index contributed by atoms with van der Waals surface area (Å²) in [5.41, 5.74) is 5.51. The molecule has 0 aliphatic rings. The molecule has 0 radical (unpaired) electrons. The molecule has 0 heterocycles. The molecule has 16 heavy (non-hydrogen) atoms. The largest absolute Gasteiger partial charge is 0.351 e. The van der Waals surface area contributed by atoms with Gasteiger partial charge < -0.3 is 11.1 Å². The zero-order valence-corrected chi connectivity index (χ0v) is 11.7. The Morgan fingerprint density at radius 3 is 2.12 bits per heavy atom. The van der Waals surface area contributed by atoms with Crippen molar-refractivity contribution in [3.63, 3.8) is 0 Å². The fourth-order valence-corrected chi connectivity index (χ4v) is 2.21. The molecule has 0 bridgehead atoms. The third kappa shape index (κ3) is 6.83. The van der Waals surface area contributed by atoms with Gasteiger partial charge in [0.2, 0.25) is 5.91 Å². The lowest BCUT2D eigenvalue weighted by molar-refractivity contribution is -0.126. The van der Waals surface area contributed by atoms with E-state index in [1.165, 1.54) is 0 Å². The van der Waals surface area contributed by atoms with Gasteiger partial charge in [-0.25, -0.2) is 0 Å². The van der Waals surface area contributed by atoms with Gasteiger partial charge >= 0.3 is 0 Å². The second-order valence-corrected chi connectivity index (χ2v) is 6.59. The van der Waals surface area contributed by atoms with Crippen LogP contribution >= 0.6 is 0 Å². The number of carbonyl (C=O) groups is 1. The Hall–Kier alpha value is -0.570. The van der Waals surface area contributed by atoms with Crippen LogP contribution in [0.4, 0.5) is 0 Å². The monoisotopic (exact) mass is 228 g/mol. The molecule has 3 nitrogen and oxygen atoms in total. The molecule has 3 heteroatoms. The lowest BCUT2D eigenvalue weighted by Gasteiger charge is -2.34. The third-order valence-corrected chi connectivity index (χ3v) is 2.48. The second kappa shape index (κ2) is 5.67. The molecule has 0 aromatic carbocycles. The summed E-state index contributed by atoms with van der Waals surface area (Å²) >= 11 is 0. The molecule has 1 atom stereocenters. The van der Waals surface area contributed by atoms with Crippen LogP contribution in [0.3, 0.4) is 0 Å². The first-order valence-electron chi connectivity index (χ1n) is 6.09. The summed E-state index contributed by atoms with van der Waals surface area (Å²) in [6, 6.07) is 0. The van der Waals surface area contributed by atoms with E-state index >= 15 is 0 Å². The summed E-state index contributed by atoms with van der Waals surface area (Å²) in [5, 5.41) is 3.10. The third-order valence-electron chi connectivity index (χ3n) is 2.48. The Kier molecular flexibility index (Phi) is 5.47. The molecule has 0 fully saturated rings. The van der Waals surface area contributed by atoms with Crippen molar-refractivity contribution in [2.75, 3.05) is 6.54 Å². The molecule has 0 aliphatic carbocycles. The van der Waals surface area contributed by atoms with Gasteiger partial charge in [-0.15, -0.1) is 0 Å². The first-order chi connectivity index (χ1) is 7.07. The van der Waals surface area contributed by atoms with Gasteiger partial charge in [-0.05, 0) is 38.6 Å². The maximum atomic E-state index is 11.9. The Bertz CT molecular complexity index is 229. The zero-order valence-electron chi connectivity index (χ0n) is 11.7. The van der Waals surface area contributed by atoms with Crippen molar-refractivity contribution in [1.29, 1.82) is 0 Å². The predicted octanol–water partition coefficient (Wildman–Crippen LogP) is 2.30. The molecule has 0 spiro atoms. The SMILES string of the molecule is CC(CCN)C(=O)NC(C)(C)CC(C)(C)C. The van der Waals surface area contributed by atoms with Gasteiger partial charge in [0, 0.05) is 11.5 Å². The van der Waals surface area contributed by atoms with Crippen LogP contribution in [0, 0.1) is 11.3 Å². The lowest BCUT2D eigenvalue weighted by atomic mass is 9.81. The van der Waals surface area contributed by atoms with Crippen LogP contribution in [0.15, 0.2) is 0 Å². The summed E-state index contributed by atoms with van der Waals surface area (Å²) in [6.07, 6.45) is 1.71. The van der Waals surface area contributed by atoms with Gasteiger partial charge in [0.1, 0.15) is 0 Å². The maximum Gasteiger partial charge on any atom is 0.223 e. The number of nitrogens with two attached hydrogens (primary N) is 1. The topological polar surface area (TPSA) is 55.1 Å². The van der Waals surface area contributed by atoms with Crippen LogP contribution in [-0.4, -0.2) is 18.0 Å². The first kappa shape index (κ1) is 15.4. The van der Waals surface area contributed by atoms with E-state index in [2.05, 4.69) is 39.9 Å². The zero-order chi connectivity index (χ0) is 13.0. The van der Waals surface area contributed by atoms with Crippen molar-refractivity contribution < 1.29 is 4.79 Å². The van der Waals surface area contributed by atoms with E-state index in [0.29, 0.717) is 6.54 Å². The maximum absolute atomic E-state index is 11.9. The summed E-state index contributed by atoms with van der Waals surface area (Å²) < 4.78 is 0. The minimum Gasteiger partial charge on any atom is -0.351 e. The molecule has 1 amide bonds. The van der Waals surface area contributed by atoms with Crippen LogP contribution in [-0.2, 0) is 4.79 Å². The van der Waals surface area contributed by atoms with Gasteiger partial charge in [-0.3, -0.25) is 4.79 Å². The number of rotatable bonds is 5. The van der Waals surface area contributed by atoms with Crippen molar-refractivity contribution in [1.82, 2.24) is 5.32 Å². The molecular formula is C13H28N2O. The van der Waals surface area contributed by atoms with E-state index in [1.807, 2.05) is 6.92 Å². The molecule has 0 rings (SSSR count). The standard InChI is InChI=1S/C13H28N2O/c1-10(7-8-14)11(16)15-13(5,6)9-12(2,3)4/h10H,7-9,14H2,1-6H3,(H,15,16). The highest BCUT2D eigenvalue weighted by molar-refractivity contribution is 5.78. The average Bonchev–Trinajstić information content (AvgIpc) is 1.98. The number of amides is 1. The van der Waals surface area contributed by atoms with Crippen molar-refractivity contribution in [2.24, 2.45) is 17.1 Å². The molecule has 0 saturated carbocycles. The fourth-order valence-electron chi connectivity index (χ4n) is 2.21. The van der Waals surface area contributed by atoms with Gasteiger partial charge in [0.05, 0.1) is 0 Å². The normalized spacial score (nSPS) is 14.7. The van der Waals surface area contributed by atoms with E-state index in [4.69, 9.17) is 5.73 Å². The highest BCUT2D eigenvalue weighted by Gasteiger charge is 2.28. The molecular weight excluding hydrogens is 200 g/mol. The Morgan fingerprint density at radius 1 is 1.25 bits per heavy atom. The average molecular weight is 228 g/mol. The van der Waals surface area contributed by atoms with Gasteiger partial charge in [-0.1, -0.05) is 27.7 Å². The molecule has 0 aromatic rings. The summed E-state index contributed by atoms with van der Waals surface area (Å²) in [6.45, 7) is 13.2. The molecule has 0 aliphatic heterocycles. The molecule has 0 saturated heterocycles. The van der Waals surface area contributed by atoms with Crippen LogP contribution in [0.25, 0.3) is 0 Å². The van der Waals surface area contributed by atoms with Crippen molar-refractivity contribution in [3.05, 3.63) is 0 Å². The minimum absolute atomic E-state index is 0.00393. The van der Waals surface area contributed by atoms with E-state index in [-0.39, 0.29) is 22.8 Å². The first-order valence-corrected chi connectivity index (χ1v) is 6.09. The van der Waals surface area contributed by atoms with E-state index in [9.17, 15) is 4.79 Å². The van der Waals surface area contributed by atoms with Crippen LogP contribution in [0.5, 0.6) is 0 Å². The molecule has 1 unspecified atom stereocenters. The molecule has 96 valence electrons. The van der Waals surface area contributed by atoms with E-state index in [1.54, 1.807) is 0 Å². The highest BCUT2D eigenvalue weighted by Crippen LogP contribution is 2.27. The number of nitrogens with one attached hydrogen (secondary N) is 1. The molecule has 0 aromatic heterocycles. The van der Waals surface area contributed by atoms with Gasteiger partial charge in [0.15, 0.2) is 0 Å². The molecule has 3 N–H and O–H groups in total. The van der Waals surface area contributed by atoms with Crippen molar-refractivity contribution in [2.45, 2.75) is 59.9 Å². The Labute approximate surface area is 100 Å². The quantitative estimate of drug-likeness (QED) is 0.758. The summed E-state index contributed by atoms with van der Waals surface area (Å²) in [7, 11) is 0.